The molecular weight excluding hydrogens is 432 g/mol. The molecular formula is C26H20N4O2S. The zero-order chi connectivity index (χ0) is 22.8. The van der Waals surface area contributed by atoms with Crippen LogP contribution in [0, 0.1) is 0 Å². The van der Waals surface area contributed by atoms with Crippen LogP contribution >= 0.6 is 12.2 Å². The van der Waals surface area contributed by atoms with Crippen molar-refractivity contribution in [3.63, 3.8) is 0 Å². The molecule has 2 heterocycles. The van der Waals surface area contributed by atoms with Gasteiger partial charge in [-0.25, -0.2) is 4.68 Å². The molecule has 1 aliphatic rings. The summed E-state index contributed by atoms with van der Waals surface area (Å²) in [5.41, 5.74) is 4.48. The van der Waals surface area contributed by atoms with Gasteiger partial charge < -0.3 is 10.1 Å². The highest BCUT2D eigenvalue weighted by Crippen LogP contribution is 2.29. The van der Waals surface area contributed by atoms with Crippen LogP contribution in [-0.4, -0.2) is 27.9 Å². The first kappa shape index (κ1) is 20.7. The lowest BCUT2D eigenvalue weighted by atomic mass is 10.1. The number of hydrogen-bond acceptors (Lipinski definition) is 4. The number of amides is 1. The lowest BCUT2D eigenvalue weighted by Crippen LogP contribution is -2.30. The molecule has 0 atom stereocenters. The monoisotopic (exact) mass is 452 g/mol. The van der Waals surface area contributed by atoms with Gasteiger partial charge >= 0.3 is 0 Å². The lowest BCUT2D eigenvalue weighted by Gasteiger charge is -2.13. The molecule has 5 rings (SSSR count). The Balaban J connectivity index is 1.58. The van der Waals surface area contributed by atoms with Crippen molar-refractivity contribution >= 4 is 35.0 Å². The summed E-state index contributed by atoms with van der Waals surface area (Å²) in [6.07, 6.45) is 3.70. The molecule has 1 saturated heterocycles. The summed E-state index contributed by atoms with van der Waals surface area (Å²) < 4.78 is 7.09. The summed E-state index contributed by atoms with van der Waals surface area (Å²) in [4.78, 5) is 14.7. The molecule has 1 N–H and O–H groups in total. The molecule has 1 fully saturated rings. The first-order valence-electron chi connectivity index (χ1n) is 10.4. The number of methoxy groups -OCH3 is 1. The van der Waals surface area contributed by atoms with E-state index >= 15 is 0 Å². The molecule has 0 aliphatic carbocycles. The minimum atomic E-state index is -0.209. The van der Waals surface area contributed by atoms with E-state index in [-0.39, 0.29) is 5.91 Å². The first-order valence-corrected chi connectivity index (χ1v) is 10.8. The molecule has 3 aromatic carbocycles. The van der Waals surface area contributed by atoms with Crippen molar-refractivity contribution in [3.8, 4) is 22.7 Å². The van der Waals surface area contributed by atoms with Crippen molar-refractivity contribution in [2.24, 2.45) is 0 Å². The summed E-state index contributed by atoms with van der Waals surface area (Å²) in [5, 5.41) is 8.22. The number of nitrogens with one attached hydrogen (secondary N) is 1. The molecule has 33 heavy (non-hydrogen) atoms. The largest absolute Gasteiger partial charge is 0.497 e. The van der Waals surface area contributed by atoms with Gasteiger partial charge in [0.25, 0.3) is 5.91 Å². The Morgan fingerprint density at radius 3 is 2.18 bits per heavy atom. The van der Waals surface area contributed by atoms with Gasteiger partial charge in [-0.15, -0.1) is 0 Å². The fraction of sp³-hybridized carbons (Fsp3) is 0.0385. The third-order valence-electron chi connectivity index (χ3n) is 5.32. The maximum Gasteiger partial charge on any atom is 0.281 e. The zero-order valence-electron chi connectivity index (χ0n) is 17.8. The maximum atomic E-state index is 13.2. The molecule has 0 saturated carbocycles. The fourth-order valence-corrected chi connectivity index (χ4v) is 3.98. The number of nitrogens with zero attached hydrogens (tertiary/aromatic N) is 3. The van der Waals surface area contributed by atoms with Gasteiger partial charge in [0.15, 0.2) is 5.11 Å². The van der Waals surface area contributed by atoms with Gasteiger partial charge in [-0.1, -0.05) is 36.4 Å². The zero-order valence-corrected chi connectivity index (χ0v) is 18.6. The fourth-order valence-electron chi connectivity index (χ4n) is 3.68. The van der Waals surface area contributed by atoms with E-state index in [0.29, 0.717) is 10.8 Å². The van der Waals surface area contributed by atoms with Crippen LogP contribution in [-0.2, 0) is 4.79 Å². The quantitative estimate of drug-likeness (QED) is 0.348. The van der Waals surface area contributed by atoms with E-state index in [1.165, 1.54) is 4.90 Å². The number of anilines is 1. The number of ether oxygens (including phenoxy) is 1. The van der Waals surface area contributed by atoms with E-state index in [1.807, 2.05) is 91.1 Å². The van der Waals surface area contributed by atoms with Crippen LogP contribution in [0.4, 0.5) is 5.69 Å². The van der Waals surface area contributed by atoms with E-state index in [4.69, 9.17) is 22.1 Å². The van der Waals surface area contributed by atoms with Crippen molar-refractivity contribution < 1.29 is 9.53 Å². The normalized spacial score (nSPS) is 14.6. The van der Waals surface area contributed by atoms with Gasteiger partial charge in [0.2, 0.25) is 0 Å². The van der Waals surface area contributed by atoms with Crippen LogP contribution in [0.2, 0.25) is 0 Å². The minimum Gasteiger partial charge on any atom is -0.497 e. The molecule has 0 spiro atoms. The Labute approximate surface area is 196 Å². The average molecular weight is 453 g/mol. The summed E-state index contributed by atoms with van der Waals surface area (Å²) in [6, 6.07) is 26.9. The van der Waals surface area contributed by atoms with Gasteiger partial charge in [-0.2, -0.15) is 5.10 Å². The van der Waals surface area contributed by atoms with Crippen molar-refractivity contribution in [1.82, 2.24) is 15.1 Å². The predicted octanol–water partition coefficient (Wildman–Crippen LogP) is 4.81. The molecule has 1 aliphatic heterocycles. The standard InChI is InChI=1S/C26H20N4O2S/c1-32-22-14-12-18(13-15-22)24-19(17-29(28-24)20-8-4-2-5-9-20)16-23-25(31)30(26(33)27-23)21-10-6-3-7-11-21/h2-17H,1H3,(H,27,33)/b23-16+. The Hall–Kier alpha value is -4.23. The van der Waals surface area contributed by atoms with Crippen molar-refractivity contribution in [1.29, 1.82) is 0 Å². The molecule has 0 bridgehead atoms. The molecule has 1 aromatic heterocycles. The van der Waals surface area contributed by atoms with E-state index in [2.05, 4.69) is 5.32 Å². The molecule has 7 heteroatoms. The van der Waals surface area contributed by atoms with Crippen LogP contribution in [0.1, 0.15) is 5.56 Å². The predicted molar refractivity (Wildman–Crippen MR) is 133 cm³/mol. The maximum absolute atomic E-state index is 13.2. The molecule has 162 valence electrons. The van der Waals surface area contributed by atoms with Crippen molar-refractivity contribution in [2.75, 3.05) is 12.0 Å². The molecule has 4 aromatic rings. The van der Waals surface area contributed by atoms with Crippen LogP contribution in [0.3, 0.4) is 0 Å². The third-order valence-corrected chi connectivity index (χ3v) is 5.60. The third kappa shape index (κ3) is 4.02. The van der Waals surface area contributed by atoms with Crippen molar-refractivity contribution in [2.45, 2.75) is 0 Å². The van der Waals surface area contributed by atoms with Gasteiger partial charge in [0.05, 0.1) is 18.5 Å². The SMILES string of the molecule is COc1ccc(-c2nn(-c3ccccc3)cc2/C=C2/NC(=S)N(c3ccccc3)C2=O)cc1. The highest BCUT2D eigenvalue weighted by molar-refractivity contribution is 7.80. The van der Waals surface area contributed by atoms with Crippen molar-refractivity contribution in [3.05, 3.63) is 102 Å². The lowest BCUT2D eigenvalue weighted by molar-refractivity contribution is -0.113. The number of hydrogen-bond donors (Lipinski definition) is 1. The Morgan fingerprint density at radius 1 is 0.909 bits per heavy atom. The summed E-state index contributed by atoms with van der Waals surface area (Å²) in [6.45, 7) is 0. The summed E-state index contributed by atoms with van der Waals surface area (Å²) in [7, 11) is 1.63. The number of para-hydroxylation sites is 2. The number of thiocarbonyl (C=S) groups is 1. The van der Waals surface area contributed by atoms with Gasteiger partial charge in [-0.05, 0) is 66.8 Å². The van der Waals surface area contributed by atoms with E-state index < -0.39 is 0 Å². The molecule has 0 radical (unpaired) electrons. The van der Waals surface area contributed by atoms with Crippen LogP contribution < -0.4 is 15.0 Å². The summed E-state index contributed by atoms with van der Waals surface area (Å²) >= 11 is 5.45. The van der Waals surface area contributed by atoms with Crippen LogP contribution in [0.5, 0.6) is 5.75 Å². The highest BCUT2D eigenvalue weighted by atomic mass is 32.1. The van der Waals surface area contributed by atoms with Gasteiger partial charge in [-0.3, -0.25) is 9.69 Å². The second-order valence-electron chi connectivity index (χ2n) is 7.41. The van der Waals surface area contributed by atoms with Gasteiger partial charge in [0.1, 0.15) is 17.1 Å². The average Bonchev–Trinajstić information content (AvgIpc) is 3.40. The van der Waals surface area contributed by atoms with Crippen LogP contribution in [0.15, 0.2) is 96.8 Å². The topological polar surface area (TPSA) is 59.4 Å². The van der Waals surface area contributed by atoms with E-state index in [0.717, 1.165) is 33.9 Å². The first-order chi connectivity index (χ1) is 16.1. The molecule has 0 unspecified atom stereocenters. The summed E-state index contributed by atoms with van der Waals surface area (Å²) in [5.74, 6) is 0.553. The van der Waals surface area contributed by atoms with Crippen LogP contribution in [0.25, 0.3) is 23.0 Å². The Bertz CT molecular complexity index is 1350. The smallest absolute Gasteiger partial charge is 0.281 e. The number of aromatic nitrogens is 2. The highest BCUT2D eigenvalue weighted by Gasteiger charge is 2.32. The molecule has 1 amide bonds. The Kier molecular flexibility index (Phi) is 5.46. The second kappa shape index (κ2) is 8.72. The minimum absolute atomic E-state index is 0.209. The number of benzene rings is 3. The molecule has 6 nitrogen and oxygen atoms in total. The van der Waals surface area contributed by atoms with Gasteiger partial charge in [0, 0.05) is 17.3 Å². The number of carbonyl (C=O) groups excluding carboxylic acids is 1. The number of rotatable bonds is 5. The number of carbonyl (C=O) groups is 1. The second-order valence-corrected chi connectivity index (χ2v) is 7.79. The van der Waals surface area contributed by atoms with E-state index in [9.17, 15) is 4.79 Å². The Morgan fingerprint density at radius 2 is 1.55 bits per heavy atom. The van der Waals surface area contributed by atoms with E-state index in [1.54, 1.807) is 17.9 Å².